The second-order valence-electron chi connectivity index (χ2n) is 10.0. The van der Waals surface area contributed by atoms with Crippen molar-refractivity contribution in [1.82, 2.24) is 25.3 Å². The molecule has 1 atom stereocenters. The first-order valence-corrected chi connectivity index (χ1v) is 13.3. The summed E-state index contributed by atoms with van der Waals surface area (Å²) in [6.07, 6.45) is 1.11. The zero-order valence-electron chi connectivity index (χ0n) is 21.9. The lowest BCUT2D eigenvalue weighted by atomic mass is 10.1. The third-order valence-corrected chi connectivity index (χ3v) is 7.16. The topological polar surface area (TPSA) is 107 Å². The number of aryl methyl sites for hydroxylation is 1. The van der Waals surface area contributed by atoms with Crippen LogP contribution in [0.4, 0.5) is 10.8 Å². The maximum absolute atomic E-state index is 12.8. The van der Waals surface area contributed by atoms with Gasteiger partial charge in [0.1, 0.15) is 12.4 Å². The molecular weight excluding hydrogens is 484 g/mol. The van der Waals surface area contributed by atoms with Crippen LogP contribution in [0.2, 0.25) is 0 Å². The zero-order chi connectivity index (χ0) is 26.3. The number of benzene rings is 2. The second-order valence-corrected chi connectivity index (χ2v) is 10.0. The summed E-state index contributed by atoms with van der Waals surface area (Å²) in [7, 11) is 0. The first kappa shape index (κ1) is 26.0. The van der Waals surface area contributed by atoms with Crippen molar-refractivity contribution in [1.29, 1.82) is 0 Å². The van der Waals surface area contributed by atoms with Crippen molar-refractivity contribution in [2.45, 2.75) is 19.9 Å². The third-order valence-electron chi connectivity index (χ3n) is 7.16. The molecule has 3 heterocycles. The standard InChI is InChI=1S/C28H36N6O4/c1-21-2-4-22(5-3-21)19-32-11-10-23(20-32)18-29-27(36)33-12-14-34(15-13-33)28-30-26(31-38-28)24-6-8-25(9-7-24)37-17-16-35/h2-9,23,35H,10-20H2,1H3,(H,29,36). The van der Waals surface area contributed by atoms with Crippen LogP contribution in [0.15, 0.2) is 53.1 Å². The van der Waals surface area contributed by atoms with E-state index in [2.05, 4.69) is 51.5 Å². The minimum atomic E-state index is -0.0287. The van der Waals surface area contributed by atoms with E-state index in [0.717, 1.165) is 31.6 Å². The van der Waals surface area contributed by atoms with E-state index < -0.39 is 0 Å². The average molecular weight is 521 g/mol. The Morgan fingerprint density at radius 3 is 2.58 bits per heavy atom. The number of piperazine rings is 1. The number of nitrogens with one attached hydrogen (secondary N) is 1. The predicted octanol–water partition coefficient (Wildman–Crippen LogP) is 2.77. The van der Waals surface area contributed by atoms with Crippen LogP contribution < -0.4 is 15.0 Å². The number of aliphatic hydroxyl groups is 1. The molecule has 0 aliphatic carbocycles. The molecule has 0 bridgehead atoms. The highest BCUT2D eigenvalue weighted by atomic mass is 16.5. The molecule has 10 nitrogen and oxygen atoms in total. The van der Waals surface area contributed by atoms with Gasteiger partial charge >= 0.3 is 12.0 Å². The Morgan fingerprint density at radius 1 is 1.08 bits per heavy atom. The Bertz CT molecular complexity index is 1170. The van der Waals surface area contributed by atoms with Crippen LogP contribution in [0.3, 0.4) is 0 Å². The number of hydrogen-bond donors (Lipinski definition) is 2. The largest absolute Gasteiger partial charge is 0.491 e. The van der Waals surface area contributed by atoms with Gasteiger partial charge < -0.3 is 29.5 Å². The molecule has 1 aromatic heterocycles. The minimum Gasteiger partial charge on any atom is -0.491 e. The number of amides is 2. The molecule has 38 heavy (non-hydrogen) atoms. The van der Waals surface area contributed by atoms with Crippen LogP contribution in [0.1, 0.15) is 17.5 Å². The van der Waals surface area contributed by atoms with Gasteiger partial charge in [0.25, 0.3) is 0 Å². The molecular formula is C28H36N6O4. The van der Waals surface area contributed by atoms with Crippen LogP contribution >= 0.6 is 0 Å². The summed E-state index contributed by atoms with van der Waals surface area (Å²) in [5, 5.41) is 16.1. The van der Waals surface area contributed by atoms with Crippen molar-refractivity contribution < 1.29 is 19.2 Å². The smallest absolute Gasteiger partial charge is 0.324 e. The van der Waals surface area contributed by atoms with Gasteiger partial charge in [-0.25, -0.2) is 4.79 Å². The number of aromatic nitrogens is 2. The lowest BCUT2D eigenvalue weighted by Crippen LogP contribution is -2.52. The van der Waals surface area contributed by atoms with Gasteiger partial charge in [0.15, 0.2) is 0 Å². The number of likely N-dealkylation sites (tertiary alicyclic amines) is 1. The summed E-state index contributed by atoms with van der Waals surface area (Å²) in [5.74, 6) is 1.66. The van der Waals surface area contributed by atoms with Gasteiger partial charge in [-0.3, -0.25) is 4.90 Å². The zero-order valence-corrected chi connectivity index (χ0v) is 21.9. The molecule has 3 aromatic rings. The van der Waals surface area contributed by atoms with Gasteiger partial charge in [0.05, 0.1) is 6.61 Å². The maximum Gasteiger partial charge on any atom is 0.324 e. The Morgan fingerprint density at radius 2 is 1.84 bits per heavy atom. The molecule has 2 aliphatic rings. The molecule has 0 spiro atoms. The monoisotopic (exact) mass is 520 g/mol. The molecule has 2 saturated heterocycles. The van der Waals surface area contributed by atoms with E-state index in [9.17, 15) is 4.79 Å². The van der Waals surface area contributed by atoms with Crippen LogP contribution in [0.5, 0.6) is 5.75 Å². The van der Waals surface area contributed by atoms with Crippen molar-refractivity contribution in [3.8, 4) is 17.1 Å². The van der Waals surface area contributed by atoms with E-state index in [1.54, 1.807) is 0 Å². The number of carbonyl (C=O) groups is 1. The molecule has 1 unspecified atom stereocenters. The lowest BCUT2D eigenvalue weighted by Gasteiger charge is -2.33. The van der Waals surface area contributed by atoms with Crippen molar-refractivity contribution in [3.63, 3.8) is 0 Å². The fraction of sp³-hybridized carbons (Fsp3) is 0.464. The number of nitrogens with zero attached hydrogens (tertiary/aromatic N) is 5. The first-order chi connectivity index (χ1) is 18.6. The van der Waals surface area contributed by atoms with Gasteiger partial charge in [-0.05, 0) is 55.6 Å². The van der Waals surface area contributed by atoms with E-state index in [0.29, 0.717) is 56.2 Å². The van der Waals surface area contributed by atoms with Crippen LogP contribution in [-0.2, 0) is 6.54 Å². The van der Waals surface area contributed by atoms with Gasteiger partial charge in [0.2, 0.25) is 5.82 Å². The molecule has 2 N–H and O–H groups in total. The molecule has 2 aromatic carbocycles. The molecule has 2 fully saturated rings. The second kappa shape index (κ2) is 12.3. The first-order valence-electron chi connectivity index (χ1n) is 13.3. The molecule has 10 heteroatoms. The Labute approximate surface area is 223 Å². The van der Waals surface area contributed by atoms with E-state index in [4.69, 9.17) is 14.4 Å². The highest BCUT2D eigenvalue weighted by Gasteiger charge is 2.27. The van der Waals surface area contributed by atoms with Crippen molar-refractivity contribution in [2.75, 3.05) is 63.9 Å². The highest BCUT2D eigenvalue weighted by Crippen LogP contribution is 2.23. The summed E-state index contributed by atoms with van der Waals surface area (Å²) in [6, 6.07) is 16.5. The molecule has 5 rings (SSSR count). The van der Waals surface area contributed by atoms with Crippen LogP contribution in [0.25, 0.3) is 11.4 Å². The maximum atomic E-state index is 12.8. The predicted molar refractivity (Wildman–Crippen MR) is 144 cm³/mol. The number of rotatable bonds is 9. The van der Waals surface area contributed by atoms with Crippen molar-refractivity contribution in [3.05, 3.63) is 59.7 Å². The van der Waals surface area contributed by atoms with Crippen molar-refractivity contribution in [2.24, 2.45) is 5.92 Å². The molecule has 202 valence electrons. The molecule has 2 amide bonds. The number of ether oxygens (including phenoxy) is 1. The van der Waals surface area contributed by atoms with E-state index in [1.807, 2.05) is 34.1 Å². The minimum absolute atomic E-state index is 0.00337. The molecule has 2 aliphatic heterocycles. The summed E-state index contributed by atoms with van der Waals surface area (Å²) in [6.45, 7) is 8.57. The third kappa shape index (κ3) is 6.62. The van der Waals surface area contributed by atoms with E-state index in [-0.39, 0.29) is 19.2 Å². The molecule has 0 saturated carbocycles. The van der Waals surface area contributed by atoms with E-state index >= 15 is 0 Å². The molecule has 0 radical (unpaired) electrons. The van der Waals surface area contributed by atoms with Gasteiger partial charge in [-0.1, -0.05) is 35.0 Å². The average Bonchev–Trinajstić information content (AvgIpc) is 3.62. The van der Waals surface area contributed by atoms with Crippen molar-refractivity contribution >= 4 is 12.0 Å². The number of aliphatic hydroxyl groups excluding tert-OH is 1. The summed E-state index contributed by atoms with van der Waals surface area (Å²) in [4.78, 5) is 23.7. The van der Waals surface area contributed by atoms with Gasteiger partial charge in [-0.15, -0.1) is 0 Å². The highest BCUT2D eigenvalue weighted by molar-refractivity contribution is 5.74. The van der Waals surface area contributed by atoms with E-state index in [1.165, 1.54) is 11.1 Å². The van der Waals surface area contributed by atoms with Gasteiger partial charge in [0, 0.05) is 51.4 Å². The number of urea groups is 1. The lowest BCUT2D eigenvalue weighted by molar-refractivity contribution is 0.191. The number of hydrogen-bond acceptors (Lipinski definition) is 8. The fourth-order valence-corrected chi connectivity index (χ4v) is 4.94. The van der Waals surface area contributed by atoms with Gasteiger partial charge in [-0.2, -0.15) is 4.98 Å². The fourth-order valence-electron chi connectivity index (χ4n) is 4.94. The number of anilines is 1. The Hall–Kier alpha value is -3.63. The van der Waals surface area contributed by atoms with Crippen LogP contribution in [0, 0.1) is 12.8 Å². The summed E-state index contributed by atoms with van der Waals surface area (Å²) >= 11 is 0. The summed E-state index contributed by atoms with van der Waals surface area (Å²) < 4.78 is 10.9. The normalized spacial score (nSPS) is 18.1. The Balaban J connectivity index is 1.04. The quantitative estimate of drug-likeness (QED) is 0.444. The van der Waals surface area contributed by atoms with Crippen LogP contribution in [-0.4, -0.2) is 90.1 Å². The summed E-state index contributed by atoms with van der Waals surface area (Å²) in [5.41, 5.74) is 3.44. The SMILES string of the molecule is Cc1ccc(CN2CCC(CNC(=O)N3CCN(c4nc(-c5ccc(OCCO)cc5)no4)CC3)C2)cc1. The number of carbonyl (C=O) groups excluding carboxylic acids is 1. The Kier molecular flexibility index (Phi) is 8.40.